The van der Waals surface area contributed by atoms with Crippen molar-refractivity contribution >= 4 is 27.6 Å². The molecule has 8 heteroatoms. The van der Waals surface area contributed by atoms with E-state index in [4.69, 9.17) is 4.84 Å². The maximum absolute atomic E-state index is 12.1. The van der Waals surface area contributed by atoms with E-state index in [0.717, 1.165) is 23.3 Å². The molecule has 0 atom stereocenters. The third-order valence-electron chi connectivity index (χ3n) is 3.29. The average molecular weight is 344 g/mol. The number of anilines is 1. The van der Waals surface area contributed by atoms with Crippen LogP contribution in [-0.4, -0.2) is 66.1 Å². The first-order chi connectivity index (χ1) is 9.74. The summed E-state index contributed by atoms with van der Waals surface area (Å²) in [6.45, 7) is 3.11. The zero-order valence-electron chi connectivity index (χ0n) is 10.9. The zero-order valence-corrected chi connectivity index (χ0v) is 12.5. The van der Waals surface area contributed by atoms with Crippen molar-refractivity contribution in [3.8, 4) is 0 Å². The molecule has 20 heavy (non-hydrogen) atoms. The second-order valence-corrected chi connectivity index (χ2v) is 5.81. The van der Waals surface area contributed by atoms with Crippen LogP contribution in [0.5, 0.6) is 0 Å². The minimum absolute atomic E-state index is 0.104. The van der Waals surface area contributed by atoms with Gasteiger partial charge in [-0.05, 0) is 15.9 Å². The first-order valence-corrected chi connectivity index (χ1v) is 7.26. The number of likely N-dealkylation sites (tertiary alicyclic amines) is 1. The molecule has 3 heterocycles. The predicted octanol–water partition coefficient (Wildman–Crippen LogP) is 1.09. The number of nitrogens with zero attached hydrogens (tertiary/aromatic N) is 5. The van der Waals surface area contributed by atoms with Gasteiger partial charge in [0.2, 0.25) is 5.95 Å². The van der Waals surface area contributed by atoms with E-state index in [2.05, 4.69) is 31.1 Å². The summed E-state index contributed by atoms with van der Waals surface area (Å²) in [7, 11) is 0. The van der Waals surface area contributed by atoms with E-state index in [1.54, 1.807) is 12.4 Å². The minimum Gasteiger partial charge on any atom is -0.390 e. The second-order valence-electron chi connectivity index (χ2n) is 4.89. The van der Waals surface area contributed by atoms with Crippen LogP contribution in [0.15, 0.2) is 22.0 Å². The number of hydrogen-bond acceptors (Lipinski definition) is 6. The van der Waals surface area contributed by atoms with Gasteiger partial charge in [0, 0.05) is 32.0 Å². The molecule has 2 aliphatic heterocycles. The first kappa shape index (κ1) is 13.7. The van der Waals surface area contributed by atoms with Crippen LogP contribution in [0.3, 0.4) is 0 Å². The lowest BCUT2D eigenvalue weighted by Gasteiger charge is -2.37. The third-order valence-corrected chi connectivity index (χ3v) is 3.70. The van der Waals surface area contributed by atoms with E-state index < -0.39 is 0 Å². The summed E-state index contributed by atoms with van der Waals surface area (Å²) < 4.78 is 12.9. The van der Waals surface area contributed by atoms with Gasteiger partial charge in [0.25, 0.3) is 0 Å². The Hall–Kier alpha value is -1.28. The molecule has 0 bridgehead atoms. The summed E-state index contributed by atoms with van der Waals surface area (Å²) in [4.78, 5) is 17.9. The fraction of sp³-hybridized carbons (Fsp3) is 0.583. The lowest BCUT2D eigenvalue weighted by molar-refractivity contribution is -0.0543. The normalized spacial score (nSPS) is 19.5. The number of hydrogen-bond donors (Lipinski definition) is 0. The molecule has 2 saturated heterocycles. The van der Waals surface area contributed by atoms with E-state index >= 15 is 0 Å². The highest BCUT2D eigenvalue weighted by Crippen LogP contribution is 2.17. The molecule has 108 valence electrons. The van der Waals surface area contributed by atoms with Crippen molar-refractivity contribution < 1.29 is 9.23 Å². The van der Waals surface area contributed by atoms with Crippen LogP contribution in [0.2, 0.25) is 0 Å². The molecule has 2 aliphatic rings. The van der Waals surface area contributed by atoms with Crippen molar-refractivity contribution in [2.24, 2.45) is 5.16 Å². The molecule has 0 spiro atoms. The summed E-state index contributed by atoms with van der Waals surface area (Å²) in [5, 5.41) is 4.13. The zero-order chi connectivity index (χ0) is 13.9. The Morgan fingerprint density at radius 3 is 2.70 bits per heavy atom. The molecule has 3 rings (SSSR count). The second kappa shape index (κ2) is 6.01. The van der Waals surface area contributed by atoms with Crippen molar-refractivity contribution in [3.63, 3.8) is 0 Å². The Labute approximate surface area is 124 Å². The SMILES string of the molecule is FCCN1CC(ON=C2CN(c3ncc(Br)cn3)C2)C1. The van der Waals surface area contributed by atoms with E-state index in [0.29, 0.717) is 25.6 Å². The molecule has 1 aromatic rings. The molecule has 0 unspecified atom stereocenters. The van der Waals surface area contributed by atoms with Gasteiger partial charge in [0.1, 0.15) is 6.67 Å². The van der Waals surface area contributed by atoms with Crippen molar-refractivity contribution in [3.05, 3.63) is 16.9 Å². The fourth-order valence-electron chi connectivity index (χ4n) is 2.10. The summed E-state index contributed by atoms with van der Waals surface area (Å²) in [6.07, 6.45) is 3.55. The van der Waals surface area contributed by atoms with Gasteiger partial charge in [-0.25, -0.2) is 14.4 Å². The van der Waals surface area contributed by atoms with Gasteiger partial charge in [0.15, 0.2) is 6.10 Å². The Morgan fingerprint density at radius 2 is 2.05 bits per heavy atom. The Bertz CT molecular complexity index is 483. The van der Waals surface area contributed by atoms with Crippen molar-refractivity contribution in [1.29, 1.82) is 0 Å². The molecule has 6 nitrogen and oxygen atoms in total. The standard InChI is InChI=1S/C12H15BrFN5O/c13-9-3-15-12(16-4-9)19-5-10(6-19)17-20-11-7-18(8-11)2-1-14/h3-4,11H,1-2,5-8H2. The quantitative estimate of drug-likeness (QED) is 0.749. The average Bonchev–Trinajstić information content (AvgIpc) is 2.35. The van der Waals surface area contributed by atoms with Gasteiger partial charge in [-0.1, -0.05) is 5.16 Å². The van der Waals surface area contributed by atoms with E-state index in [1.165, 1.54) is 0 Å². The van der Waals surface area contributed by atoms with Crippen LogP contribution in [0, 0.1) is 0 Å². The number of aromatic nitrogens is 2. The highest BCUT2D eigenvalue weighted by molar-refractivity contribution is 9.10. The number of oxime groups is 1. The van der Waals surface area contributed by atoms with Gasteiger partial charge < -0.3 is 9.74 Å². The minimum atomic E-state index is -0.302. The smallest absolute Gasteiger partial charge is 0.226 e. The molecule has 1 aromatic heterocycles. The fourth-order valence-corrected chi connectivity index (χ4v) is 2.31. The van der Waals surface area contributed by atoms with Crippen molar-refractivity contribution in [1.82, 2.24) is 14.9 Å². The lowest BCUT2D eigenvalue weighted by Crippen LogP contribution is -2.53. The summed E-state index contributed by atoms with van der Waals surface area (Å²) in [5.74, 6) is 0.699. The van der Waals surface area contributed by atoms with Crippen LogP contribution in [-0.2, 0) is 4.84 Å². The Kier molecular flexibility index (Phi) is 4.11. The first-order valence-electron chi connectivity index (χ1n) is 6.47. The molecule has 0 radical (unpaired) electrons. The lowest BCUT2D eigenvalue weighted by atomic mass is 10.2. The molecular formula is C12H15BrFN5O. The van der Waals surface area contributed by atoms with Gasteiger partial charge in [-0.2, -0.15) is 0 Å². The topological polar surface area (TPSA) is 53.9 Å². The van der Waals surface area contributed by atoms with Gasteiger partial charge in [0.05, 0.1) is 23.3 Å². The van der Waals surface area contributed by atoms with Crippen LogP contribution in [0.1, 0.15) is 0 Å². The highest BCUT2D eigenvalue weighted by atomic mass is 79.9. The van der Waals surface area contributed by atoms with Gasteiger partial charge in [-0.3, -0.25) is 4.90 Å². The predicted molar refractivity (Wildman–Crippen MR) is 76.7 cm³/mol. The molecule has 2 fully saturated rings. The van der Waals surface area contributed by atoms with E-state index in [1.807, 2.05) is 9.80 Å². The Morgan fingerprint density at radius 1 is 1.35 bits per heavy atom. The van der Waals surface area contributed by atoms with Crippen LogP contribution in [0.25, 0.3) is 0 Å². The largest absolute Gasteiger partial charge is 0.390 e. The third kappa shape index (κ3) is 3.06. The number of alkyl halides is 1. The number of halogens is 2. The van der Waals surface area contributed by atoms with Crippen molar-refractivity contribution in [2.45, 2.75) is 6.10 Å². The van der Waals surface area contributed by atoms with Gasteiger partial charge in [-0.15, -0.1) is 0 Å². The molecule has 0 aromatic carbocycles. The van der Waals surface area contributed by atoms with Crippen LogP contribution >= 0.6 is 15.9 Å². The molecular weight excluding hydrogens is 329 g/mol. The molecule has 0 N–H and O–H groups in total. The van der Waals surface area contributed by atoms with Crippen LogP contribution in [0.4, 0.5) is 10.3 Å². The maximum atomic E-state index is 12.1. The Balaban J connectivity index is 1.40. The summed E-state index contributed by atoms with van der Waals surface area (Å²) in [5.41, 5.74) is 0.987. The molecule has 0 saturated carbocycles. The summed E-state index contributed by atoms with van der Waals surface area (Å²) >= 11 is 3.30. The summed E-state index contributed by atoms with van der Waals surface area (Å²) in [6, 6.07) is 0. The van der Waals surface area contributed by atoms with Crippen molar-refractivity contribution in [2.75, 3.05) is 44.3 Å². The number of rotatable bonds is 5. The van der Waals surface area contributed by atoms with Gasteiger partial charge >= 0.3 is 0 Å². The van der Waals surface area contributed by atoms with Crippen LogP contribution < -0.4 is 4.90 Å². The van der Waals surface area contributed by atoms with E-state index in [9.17, 15) is 4.39 Å². The maximum Gasteiger partial charge on any atom is 0.226 e. The monoisotopic (exact) mass is 343 g/mol. The highest BCUT2D eigenvalue weighted by Gasteiger charge is 2.30. The molecule has 0 aliphatic carbocycles. The van der Waals surface area contributed by atoms with E-state index in [-0.39, 0.29) is 12.8 Å². The molecule has 0 amide bonds.